The van der Waals surface area contributed by atoms with Crippen LogP contribution in [-0.4, -0.2) is 24.0 Å². The lowest BCUT2D eigenvalue weighted by Gasteiger charge is -2.02. The van der Waals surface area contributed by atoms with Crippen molar-refractivity contribution < 1.29 is 4.79 Å². The fraction of sp³-hybridized carbons (Fsp3) is 0.727. The highest BCUT2D eigenvalue weighted by atomic mass is 32.2. The van der Waals surface area contributed by atoms with Crippen molar-refractivity contribution in [3.05, 3.63) is 12.2 Å². The van der Waals surface area contributed by atoms with E-state index in [1.807, 2.05) is 13.0 Å². The van der Waals surface area contributed by atoms with Crippen molar-refractivity contribution >= 4 is 17.7 Å². The van der Waals surface area contributed by atoms with Crippen LogP contribution in [0.25, 0.3) is 0 Å². The number of carbonyl (C=O) groups is 1. The second-order valence-electron chi connectivity index (χ2n) is 3.11. The fourth-order valence-electron chi connectivity index (χ4n) is 0.924. The molecule has 0 fully saturated rings. The summed E-state index contributed by atoms with van der Waals surface area (Å²) in [5.41, 5.74) is 0. The zero-order valence-electron chi connectivity index (χ0n) is 9.21. The molecule has 0 saturated carbocycles. The average Bonchev–Trinajstić information content (AvgIpc) is 2.19. The van der Waals surface area contributed by atoms with Gasteiger partial charge in [0, 0.05) is 6.54 Å². The number of hydrogen-bond donors (Lipinski definition) is 1. The first kappa shape index (κ1) is 13.6. The predicted molar refractivity (Wildman–Crippen MR) is 64.7 cm³/mol. The van der Waals surface area contributed by atoms with Gasteiger partial charge in [-0.3, -0.25) is 4.79 Å². The van der Waals surface area contributed by atoms with Crippen LogP contribution >= 0.6 is 11.8 Å². The molecule has 82 valence electrons. The molecule has 0 spiro atoms. The van der Waals surface area contributed by atoms with Gasteiger partial charge in [-0.25, -0.2) is 0 Å². The molecule has 0 aromatic rings. The van der Waals surface area contributed by atoms with Crippen molar-refractivity contribution in [3.8, 4) is 0 Å². The molecule has 0 aliphatic heterocycles. The van der Waals surface area contributed by atoms with Crippen molar-refractivity contribution in [2.75, 3.05) is 18.1 Å². The van der Waals surface area contributed by atoms with E-state index in [1.54, 1.807) is 11.8 Å². The molecule has 0 unspecified atom stereocenters. The van der Waals surface area contributed by atoms with E-state index in [2.05, 4.69) is 18.3 Å². The van der Waals surface area contributed by atoms with Crippen molar-refractivity contribution in [2.24, 2.45) is 0 Å². The van der Waals surface area contributed by atoms with Crippen LogP contribution < -0.4 is 5.32 Å². The SMILES string of the molecule is C/C=C/CCNC(=O)CSCCCC. The average molecular weight is 215 g/mol. The van der Waals surface area contributed by atoms with E-state index < -0.39 is 0 Å². The molecule has 0 saturated heterocycles. The maximum absolute atomic E-state index is 11.2. The minimum atomic E-state index is 0.163. The van der Waals surface area contributed by atoms with Gasteiger partial charge in [-0.15, -0.1) is 0 Å². The summed E-state index contributed by atoms with van der Waals surface area (Å²) in [7, 11) is 0. The third-order valence-electron chi connectivity index (χ3n) is 1.74. The molecule has 0 aromatic carbocycles. The highest BCUT2D eigenvalue weighted by Gasteiger charge is 1.98. The maximum atomic E-state index is 11.2. The summed E-state index contributed by atoms with van der Waals surface area (Å²) in [5, 5.41) is 2.88. The van der Waals surface area contributed by atoms with Gasteiger partial charge in [0.2, 0.25) is 5.91 Å². The quantitative estimate of drug-likeness (QED) is 0.498. The predicted octanol–water partition coefficient (Wildman–Crippen LogP) is 2.60. The van der Waals surface area contributed by atoms with Crippen molar-refractivity contribution in [2.45, 2.75) is 33.1 Å². The highest BCUT2D eigenvalue weighted by Crippen LogP contribution is 2.03. The Morgan fingerprint density at radius 2 is 2.29 bits per heavy atom. The van der Waals surface area contributed by atoms with Gasteiger partial charge in [0.1, 0.15) is 0 Å². The molecule has 0 atom stereocenters. The molecular weight excluding hydrogens is 194 g/mol. The largest absolute Gasteiger partial charge is 0.355 e. The van der Waals surface area contributed by atoms with Gasteiger partial charge in [-0.1, -0.05) is 25.5 Å². The number of amides is 1. The molecule has 1 N–H and O–H groups in total. The number of rotatable bonds is 8. The van der Waals surface area contributed by atoms with E-state index in [0.717, 1.165) is 18.7 Å². The lowest BCUT2D eigenvalue weighted by Crippen LogP contribution is -2.25. The summed E-state index contributed by atoms with van der Waals surface area (Å²) in [6.07, 6.45) is 7.40. The summed E-state index contributed by atoms with van der Waals surface area (Å²) in [5.74, 6) is 1.87. The number of unbranched alkanes of at least 4 members (excludes halogenated alkanes) is 1. The second kappa shape index (κ2) is 10.6. The fourth-order valence-corrected chi connectivity index (χ4v) is 1.85. The Labute approximate surface area is 91.5 Å². The smallest absolute Gasteiger partial charge is 0.230 e. The second-order valence-corrected chi connectivity index (χ2v) is 4.22. The molecule has 0 heterocycles. The van der Waals surface area contributed by atoms with Gasteiger partial charge < -0.3 is 5.32 Å². The van der Waals surface area contributed by atoms with Crippen LogP contribution in [0.1, 0.15) is 33.1 Å². The van der Waals surface area contributed by atoms with Crippen LogP contribution in [0.2, 0.25) is 0 Å². The van der Waals surface area contributed by atoms with Crippen LogP contribution in [0.5, 0.6) is 0 Å². The molecule has 0 aromatic heterocycles. The Bertz CT molecular complexity index is 169. The standard InChI is InChI=1S/C11H21NOS/c1-3-5-7-8-12-11(13)10-14-9-6-4-2/h3,5H,4,6-10H2,1-2H3,(H,12,13)/b5-3+. The molecule has 0 aliphatic rings. The summed E-state index contributed by atoms with van der Waals surface area (Å²) in [6, 6.07) is 0. The Balaban J connectivity index is 3.19. The number of carbonyl (C=O) groups excluding carboxylic acids is 1. The molecule has 2 nitrogen and oxygen atoms in total. The Morgan fingerprint density at radius 3 is 2.93 bits per heavy atom. The van der Waals surface area contributed by atoms with Crippen LogP contribution in [0.3, 0.4) is 0 Å². The first-order chi connectivity index (χ1) is 6.81. The van der Waals surface area contributed by atoms with Gasteiger partial charge in [-0.05, 0) is 25.5 Å². The summed E-state index contributed by atoms with van der Waals surface area (Å²) in [6.45, 7) is 4.91. The van der Waals surface area contributed by atoms with E-state index in [0.29, 0.717) is 5.75 Å². The van der Waals surface area contributed by atoms with Crippen molar-refractivity contribution in [1.29, 1.82) is 0 Å². The van der Waals surface area contributed by atoms with Crippen LogP contribution in [0.15, 0.2) is 12.2 Å². The topological polar surface area (TPSA) is 29.1 Å². The third-order valence-corrected chi connectivity index (χ3v) is 2.79. The zero-order chi connectivity index (χ0) is 10.6. The van der Waals surface area contributed by atoms with Crippen LogP contribution in [0, 0.1) is 0 Å². The number of thioether (sulfide) groups is 1. The molecule has 0 rings (SSSR count). The molecule has 0 radical (unpaired) electrons. The van der Waals surface area contributed by atoms with Gasteiger partial charge in [0.05, 0.1) is 5.75 Å². The Kier molecular flexibility index (Phi) is 10.3. The minimum absolute atomic E-state index is 0.163. The van der Waals surface area contributed by atoms with Gasteiger partial charge in [0.15, 0.2) is 0 Å². The lowest BCUT2D eigenvalue weighted by atomic mass is 10.4. The van der Waals surface area contributed by atoms with E-state index in [-0.39, 0.29) is 5.91 Å². The van der Waals surface area contributed by atoms with E-state index in [4.69, 9.17) is 0 Å². The summed E-state index contributed by atoms with van der Waals surface area (Å²) < 4.78 is 0. The minimum Gasteiger partial charge on any atom is -0.355 e. The van der Waals surface area contributed by atoms with E-state index in [9.17, 15) is 4.79 Å². The molecule has 3 heteroatoms. The van der Waals surface area contributed by atoms with Gasteiger partial charge in [0.25, 0.3) is 0 Å². The first-order valence-electron chi connectivity index (χ1n) is 5.26. The Hall–Kier alpha value is -0.440. The third kappa shape index (κ3) is 9.65. The van der Waals surface area contributed by atoms with E-state index >= 15 is 0 Å². The molecule has 0 aliphatic carbocycles. The number of hydrogen-bond acceptors (Lipinski definition) is 2. The van der Waals surface area contributed by atoms with Crippen LogP contribution in [0.4, 0.5) is 0 Å². The first-order valence-corrected chi connectivity index (χ1v) is 6.42. The maximum Gasteiger partial charge on any atom is 0.230 e. The molecule has 1 amide bonds. The lowest BCUT2D eigenvalue weighted by molar-refractivity contribution is -0.118. The molecule has 0 bridgehead atoms. The van der Waals surface area contributed by atoms with Crippen molar-refractivity contribution in [1.82, 2.24) is 5.32 Å². The number of allylic oxidation sites excluding steroid dienone is 1. The van der Waals surface area contributed by atoms with Crippen molar-refractivity contribution in [3.63, 3.8) is 0 Å². The Morgan fingerprint density at radius 1 is 1.50 bits per heavy atom. The monoisotopic (exact) mass is 215 g/mol. The number of nitrogens with one attached hydrogen (secondary N) is 1. The molecular formula is C11H21NOS. The van der Waals surface area contributed by atoms with Gasteiger partial charge in [-0.2, -0.15) is 11.8 Å². The summed E-state index contributed by atoms with van der Waals surface area (Å²) in [4.78, 5) is 11.2. The summed E-state index contributed by atoms with van der Waals surface area (Å²) >= 11 is 1.72. The van der Waals surface area contributed by atoms with Gasteiger partial charge >= 0.3 is 0 Å². The zero-order valence-corrected chi connectivity index (χ0v) is 10.0. The van der Waals surface area contributed by atoms with E-state index in [1.165, 1.54) is 12.8 Å². The van der Waals surface area contributed by atoms with Crippen LogP contribution in [-0.2, 0) is 4.79 Å². The molecule has 14 heavy (non-hydrogen) atoms. The normalized spacial score (nSPS) is 10.7. The highest BCUT2D eigenvalue weighted by molar-refractivity contribution is 7.99.